The number of aliphatic hydroxyl groups excluding tert-OH is 1. The number of nitrogens with zero attached hydrogens (tertiary/aromatic N) is 1. The molecule has 1 aromatic rings. The van der Waals surface area contributed by atoms with E-state index in [2.05, 4.69) is 4.90 Å². The summed E-state index contributed by atoms with van der Waals surface area (Å²) < 4.78 is 27.4. The number of benzene rings is 1. The Kier molecular flexibility index (Phi) is 3.75. The highest BCUT2D eigenvalue weighted by molar-refractivity contribution is 5.36. The highest BCUT2D eigenvalue weighted by Crippen LogP contribution is 2.39. The molecule has 0 radical (unpaired) electrons. The van der Waals surface area contributed by atoms with Crippen molar-refractivity contribution in [3.63, 3.8) is 0 Å². The van der Waals surface area contributed by atoms with Gasteiger partial charge in [0.15, 0.2) is 0 Å². The lowest BCUT2D eigenvalue weighted by atomic mass is 9.91. The Hall–Kier alpha value is -1.04. The Labute approximate surface area is 117 Å². The van der Waals surface area contributed by atoms with E-state index in [-0.39, 0.29) is 12.1 Å². The van der Waals surface area contributed by atoms with Gasteiger partial charge in [-0.1, -0.05) is 0 Å². The standard InChI is InChI=1S/C15H20F2N2O/c16-10-5-9-8-19(11-1-3-12(20)4-2-11)14(7-18)15(9)13(17)6-10/h5-6,11-12,14,20H,1-4,7-8,18H2. The van der Waals surface area contributed by atoms with Crippen molar-refractivity contribution in [2.75, 3.05) is 6.54 Å². The Bertz CT molecular complexity index is 501. The molecule has 1 aliphatic carbocycles. The Morgan fingerprint density at radius 2 is 1.90 bits per heavy atom. The molecule has 3 N–H and O–H groups in total. The van der Waals surface area contributed by atoms with Gasteiger partial charge in [0.1, 0.15) is 11.6 Å². The number of aliphatic hydroxyl groups is 1. The average Bonchev–Trinajstić information content (AvgIpc) is 2.78. The minimum absolute atomic E-state index is 0.175. The van der Waals surface area contributed by atoms with Gasteiger partial charge in [-0.25, -0.2) is 8.78 Å². The molecule has 1 heterocycles. The van der Waals surface area contributed by atoms with Gasteiger partial charge in [0.25, 0.3) is 0 Å². The van der Waals surface area contributed by atoms with Gasteiger partial charge < -0.3 is 10.8 Å². The molecule has 1 unspecified atom stereocenters. The predicted molar refractivity (Wildman–Crippen MR) is 72.0 cm³/mol. The van der Waals surface area contributed by atoms with E-state index in [0.717, 1.165) is 31.7 Å². The monoisotopic (exact) mass is 282 g/mol. The van der Waals surface area contributed by atoms with Crippen LogP contribution in [0.15, 0.2) is 12.1 Å². The van der Waals surface area contributed by atoms with Crippen LogP contribution in [-0.2, 0) is 6.54 Å². The summed E-state index contributed by atoms with van der Waals surface area (Å²) in [6.07, 6.45) is 3.09. The fourth-order valence-electron chi connectivity index (χ4n) is 3.64. The third-order valence-electron chi connectivity index (χ3n) is 4.62. The molecule has 1 aromatic carbocycles. The quantitative estimate of drug-likeness (QED) is 0.873. The smallest absolute Gasteiger partial charge is 0.131 e. The second kappa shape index (κ2) is 5.39. The highest BCUT2D eigenvalue weighted by Gasteiger charge is 2.37. The SMILES string of the molecule is NCC1c2c(F)cc(F)cc2CN1C1CCC(O)CC1. The molecular weight excluding hydrogens is 262 g/mol. The number of hydrogen-bond donors (Lipinski definition) is 2. The summed E-state index contributed by atoms with van der Waals surface area (Å²) in [7, 11) is 0. The summed E-state index contributed by atoms with van der Waals surface area (Å²) in [6, 6.07) is 2.47. The molecule has 3 nitrogen and oxygen atoms in total. The minimum atomic E-state index is -0.530. The van der Waals surface area contributed by atoms with Crippen LogP contribution < -0.4 is 5.73 Å². The van der Waals surface area contributed by atoms with Gasteiger partial charge in [0, 0.05) is 30.8 Å². The Morgan fingerprint density at radius 3 is 2.55 bits per heavy atom. The molecular formula is C15H20F2N2O. The number of hydrogen-bond acceptors (Lipinski definition) is 3. The van der Waals surface area contributed by atoms with Crippen molar-refractivity contribution in [1.82, 2.24) is 4.90 Å². The largest absolute Gasteiger partial charge is 0.393 e. The molecule has 1 fully saturated rings. The number of nitrogens with two attached hydrogens (primary N) is 1. The molecule has 0 spiro atoms. The van der Waals surface area contributed by atoms with Crippen LogP contribution in [0.3, 0.4) is 0 Å². The molecule has 2 aliphatic rings. The second-order valence-electron chi connectivity index (χ2n) is 5.85. The van der Waals surface area contributed by atoms with Crippen molar-refractivity contribution in [2.45, 2.75) is 50.4 Å². The summed E-state index contributed by atoms with van der Waals surface area (Å²) in [6.45, 7) is 0.876. The third-order valence-corrected chi connectivity index (χ3v) is 4.62. The van der Waals surface area contributed by atoms with Gasteiger partial charge in [0.05, 0.1) is 12.1 Å². The molecule has 3 rings (SSSR count). The van der Waals surface area contributed by atoms with Crippen LogP contribution in [0.5, 0.6) is 0 Å². The fourth-order valence-corrected chi connectivity index (χ4v) is 3.64. The fraction of sp³-hybridized carbons (Fsp3) is 0.600. The van der Waals surface area contributed by atoms with Crippen molar-refractivity contribution >= 4 is 0 Å². The highest BCUT2D eigenvalue weighted by atomic mass is 19.1. The lowest BCUT2D eigenvalue weighted by Gasteiger charge is -2.36. The first-order chi connectivity index (χ1) is 9.60. The van der Waals surface area contributed by atoms with Crippen LogP contribution >= 0.6 is 0 Å². The van der Waals surface area contributed by atoms with Gasteiger partial charge in [-0.3, -0.25) is 4.90 Å². The molecule has 0 aromatic heterocycles. The molecule has 1 saturated carbocycles. The first-order valence-corrected chi connectivity index (χ1v) is 7.22. The van der Waals surface area contributed by atoms with Gasteiger partial charge >= 0.3 is 0 Å². The van der Waals surface area contributed by atoms with E-state index >= 15 is 0 Å². The van der Waals surface area contributed by atoms with Gasteiger partial charge in [-0.15, -0.1) is 0 Å². The van der Waals surface area contributed by atoms with Crippen LogP contribution in [-0.4, -0.2) is 28.7 Å². The molecule has 110 valence electrons. The van der Waals surface area contributed by atoms with Crippen LogP contribution in [0, 0.1) is 11.6 Å². The summed E-state index contributed by atoms with van der Waals surface area (Å²) in [5, 5.41) is 9.59. The molecule has 20 heavy (non-hydrogen) atoms. The predicted octanol–water partition coefficient (Wildman–Crippen LogP) is 2.08. The topological polar surface area (TPSA) is 49.5 Å². The summed E-state index contributed by atoms with van der Waals surface area (Å²) in [4.78, 5) is 2.18. The first kappa shape index (κ1) is 13.9. The van der Waals surface area contributed by atoms with Crippen LogP contribution in [0.1, 0.15) is 42.9 Å². The number of fused-ring (bicyclic) bond motifs is 1. The molecule has 1 aliphatic heterocycles. The van der Waals surface area contributed by atoms with E-state index in [4.69, 9.17) is 5.73 Å². The normalized spacial score (nSPS) is 30.5. The maximum atomic E-state index is 14.0. The maximum Gasteiger partial charge on any atom is 0.131 e. The van der Waals surface area contributed by atoms with Crippen molar-refractivity contribution in [2.24, 2.45) is 5.73 Å². The molecule has 5 heteroatoms. The van der Waals surface area contributed by atoms with E-state index < -0.39 is 11.6 Å². The van der Waals surface area contributed by atoms with E-state index in [0.29, 0.717) is 30.3 Å². The number of halogens is 2. The first-order valence-electron chi connectivity index (χ1n) is 7.22. The van der Waals surface area contributed by atoms with Gasteiger partial charge in [-0.05, 0) is 37.3 Å². The lowest BCUT2D eigenvalue weighted by Crippen LogP contribution is -2.40. The van der Waals surface area contributed by atoms with Gasteiger partial charge in [-0.2, -0.15) is 0 Å². The number of rotatable bonds is 2. The van der Waals surface area contributed by atoms with Crippen molar-refractivity contribution in [3.05, 3.63) is 34.9 Å². The second-order valence-corrected chi connectivity index (χ2v) is 5.85. The Balaban J connectivity index is 1.87. The van der Waals surface area contributed by atoms with E-state index in [1.165, 1.54) is 6.07 Å². The van der Waals surface area contributed by atoms with E-state index in [1.54, 1.807) is 0 Å². The molecule has 0 saturated heterocycles. The van der Waals surface area contributed by atoms with Crippen molar-refractivity contribution < 1.29 is 13.9 Å². The zero-order valence-corrected chi connectivity index (χ0v) is 11.4. The molecule has 1 atom stereocenters. The zero-order chi connectivity index (χ0) is 14.3. The lowest BCUT2D eigenvalue weighted by molar-refractivity contribution is 0.0567. The van der Waals surface area contributed by atoms with Crippen LogP contribution in [0.2, 0.25) is 0 Å². The van der Waals surface area contributed by atoms with E-state index in [1.807, 2.05) is 0 Å². The zero-order valence-electron chi connectivity index (χ0n) is 11.4. The maximum absolute atomic E-state index is 14.0. The third kappa shape index (κ3) is 2.34. The van der Waals surface area contributed by atoms with Crippen molar-refractivity contribution in [3.8, 4) is 0 Å². The van der Waals surface area contributed by atoms with Gasteiger partial charge in [0.2, 0.25) is 0 Å². The van der Waals surface area contributed by atoms with Crippen LogP contribution in [0.4, 0.5) is 8.78 Å². The molecule has 0 bridgehead atoms. The summed E-state index contributed by atoms with van der Waals surface area (Å²) in [5.41, 5.74) is 7.10. The molecule has 0 amide bonds. The Morgan fingerprint density at radius 1 is 1.20 bits per heavy atom. The summed E-state index contributed by atoms with van der Waals surface area (Å²) >= 11 is 0. The summed E-state index contributed by atoms with van der Waals surface area (Å²) in [5.74, 6) is -1.02. The van der Waals surface area contributed by atoms with Crippen molar-refractivity contribution in [1.29, 1.82) is 0 Å². The van der Waals surface area contributed by atoms with Crippen LogP contribution in [0.25, 0.3) is 0 Å². The minimum Gasteiger partial charge on any atom is -0.393 e. The van der Waals surface area contributed by atoms with E-state index in [9.17, 15) is 13.9 Å². The average molecular weight is 282 g/mol.